The van der Waals surface area contributed by atoms with Crippen LogP contribution in [0.5, 0.6) is 0 Å². The first-order valence-corrected chi connectivity index (χ1v) is 6.29. The summed E-state index contributed by atoms with van der Waals surface area (Å²) < 4.78 is 4.67. The van der Waals surface area contributed by atoms with Gasteiger partial charge in [-0.05, 0) is 44.3 Å². The van der Waals surface area contributed by atoms with Gasteiger partial charge in [-0.1, -0.05) is 0 Å². The lowest BCUT2D eigenvalue weighted by Crippen LogP contribution is -2.51. The van der Waals surface area contributed by atoms with Gasteiger partial charge in [-0.25, -0.2) is 0 Å². The van der Waals surface area contributed by atoms with Gasteiger partial charge in [0.15, 0.2) is 0 Å². The molecular formula is C12H22N2O2. The smallest absolute Gasteiger partial charge is 0.306 e. The first-order valence-electron chi connectivity index (χ1n) is 6.29. The predicted octanol–water partition coefficient (Wildman–Crippen LogP) is 0.481. The molecule has 4 nitrogen and oxygen atoms in total. The Bertz CT molecular complexity index is 241. The van der Waals surface area contributed by atoms with Crippen molar-refractivity contribution in [2.75, 3.05) is 39.8 Å². The Balaban J connectivity index is 1.71. The van der Waals surface area contributed by atoms with E-state index >= 15 is 0 Å². The molecule has 0 aromatic rings. The Labute approximate surface area is 97.3 Å². The van der Waals surface area contributed by atoms with Crippen LogP contribution in [-0.4, -0.2) is 50.7 Å². The van der Waals surface area contributed by atoms with Crippen LogP contribution in [0.4, 0.5) is 0 Å². The molecule has 2 fully saturated rings. The van der Waals surface area contributed by atoms with Crippen LogP contribution < -0.4 is 5.32 Å². The van der Waals surface area contributed by atoms with Crippen molar-refractivity contribution in [1.29, 1.82) is 0 Å². The van der Waals surface area contributed by atoms with Crippen LogP contribution in [0, 0.1) is 11.8 Å². The topological polar surface area (TPSA) is 41.6 Å². The molecule has 92 valence electrons. The molecular weight excluding hydrogens is 204 g/mol. The van der Waals surface area contributed by atoms with Gasteiger partial charge in [0.1, 0.15) is 0 Å². The lowest BCUT2D eigenvalue weighted by atomic mass is 9.82. The van der Waals surface area contributed by atoms with Gasteiger partial charge in [0.25, 0.3) is 0 Å². The van der Waals surface area contributed by atoms with Gasteiger partial charge in [0.2, 0.25) is 0 Å². The van der Waals surface area contributed by atoms with Crippen molar-refractivity contribution in [2.24, 2.45) is 11.8 Å². The van der Waals surface area contributed by atoms with Gasteiger partial charge >= 0.3 is 5.97 Å². The van der Waals surface area contributed by atoms with Crippen LogP contribution in [0.25, 0.3) is 0 Å². The van der Waals surface area contributed by atoms with Crippen LogP contribution in [-0.2, 0) is 9.53 Å². The van der Waals surface area contributed by atoms with Gasteiger partial charge in [-0.2, -0.15) is 0 Å². The third kappa shape index (κ3) is 2.95. The second-order valence-corrected chi connectivity index (χ2v) is 4.95. The molecule has 0 aliphatic carbocycles. The van der Waals surface area contributed by atoms with Crippen molar-refractivity contribution in [3.05, 3.63) is 0 Å². The number of hydrogen-bond donors (Lipinski definition) is 1. The lowest BCUT2D eigenvalue weighted by Gasteiger charge is -2.41. The summed E-state index contributed by atoms with van der Waals surface area (Å²) >= 11 is 0. The number of methoxy groups -OCH3 is 1. The first kappa shape index (κ1) is 11.9. The lowest BCUT2D eigenvalue weighted by molar-refractivity contribution is -0.141. The fourth-order valence-corrected chi connectivity index (χ4v) is 2.67. The highest BCUT2D eigenvalue weighted by Crippen LogP contribution is 2.26. The van der Waals surface area contributed by atoms with Crippen molar-refractivity contribution < 1.29 is 9.53 Å². The van der Waals surface area contributed by atoms with Crippen LogP contribution in [0.1, 0.15) is 19.3 Å². The van der Waals surface area contributed by atoms with Gasteiger partial charge in [-0.3, -0.25) is 4.79 Å². The summed E-state index contributed by atoms with van der Waals surface area (Å²) in [6.07, 6.45) is 3.18. The van der Waals surface area contributed by atoms with Crippen molar-refractivity contribution in [1.82, 2.24) is 10.2 Å². The molecule has 2 aliphatic heterocycles. The van der Waals surface area contributed by atoms with E-state index in [0.717, 1.165) is 24.9 Å². The molecule has 0 amide bonds. The number of piperidine rings is 1. The zero-order valence-corrected chi connectivity index (χ0v) is 10.1. The Hall–Kier alpha value is -0.610. The number of carbonyl (C=O) groups is 1. The van der Waals surface area contributed by atoms with E-state index in [4.69, 9.17) is 0 Å². The highest BCUT2D eigenvalue weighted by atomic mass is 16.5. The average Bonchev–Trinajstić information content (AvgIpc) is 2.24. The number of rotatable bonds is 4. The van der Waals surface area contributed by atoms with Crippen molar-refractivity contribution in [2.45, 2.75) is 19.3 Å². The maximum absolute atomic E-state index is 11.1. The largest absolute Gasteiger partial charge is 0.469 e. The summed E-state index contributed by atoms with van der Waals surface area (Å²) in [5.41, 5.74) is 0. The number of carbonyl (C=O) groups excluding carboxylic acids is 1. The Kier molecular flexibility index (Phi) is 4.18. The Morgan fingerprint density at radius 1 is 1.44 bits per heavy atom. The summed E-state index contributed by atoms with van der Waals surface area (Å²) in [5.74, 6) is 1.63. The van der Waals surface area contributed by atoms with Crippen LogP contribution in [0.15, 0.2) is 0 Å². The zero-order valence-electron chi connectivity index (χ0n) is 10.1. The fraction of sp³-hybridized carbons (Fsp3) is 0.917. The molecule has 2 aliphatic rings. The van der Waals surface area contributed by atoms with Crippen molar-refractivity contribution >= 4 is 5.97 Å². The highest BCUT2D eigenvalue weighted by Gasteiger charge is 2.30. The van der Waals surface area contributed by atoms with Crippen LogP contribution >= 0.6 is 0 Å². The van der Waals surface area contributed by atoms with Gasteiger partial charge in [0, 0.05) is 13.1 Å². The van der Waals surface area contributed by atoms with E-state index in [1.54, 1.807) is 0 Å². The highest BCUT2D eigenvalue weighted by molar-refractivity contribution is 5.69. The molecule has 1 atom stereocenters. The molecule has 16 heavy (non-hydrogen) atoms. The molecule has 0 aromatic carbocycles. The maximum atomic E-state index is 11.1. The number of likely N-dealkylation sites (tertiary alicyclic amines) is 1. The van der Waals surface area contributed by atoms with E-state index < -0.39 is 0 Å². The number of ether oxygens (including phenoxy) is 1. The molecule has 0 saturated carbocycles. The number of esters is 1. The quantitative estimate of drug-likeness (QED) is 0.708. The standard InChI is InChI=1S/C12H22N2O2/c1-16-12(15)4-6-14-5-2-3-10(9-14)11-7-13-8-11/h10-11,13H,2-9H2,1H3/t10-/m0/s1. The summed E-state index contributed by atoms with van der Waals surface area (Å²) in [5, 5.41) is 3.34. The molecule has 0 bridgehead atoms. The first-order chi connectivity index (χ1) is 7.79. The summed E-state index contributed by atoms with van der Waals surface area (Å²) in [4.78, 5) is 13.5. The minimum Gasteiger partial charge on any atom is -0.469 e. The predicted molar refractivity (Wildman–Crippen MR) is 62.2 cm³/mol. The summed E-state index contributed by atoms with van der Waals surface area (Å²) in [6.45, 7) is 5.56. The van der Waals surface area contributed by atoms with Gasteiger partial charge in [0.05, 0.1) is 13.5 Å². The van der Waals surface area contributed by atoms with Crippen LogP contribution in [0.3, 0.4) is 0 Å². The monoisotopic (exact) mass is 226 g/mol. The molecule has 0 aromatic heterocycles. The third-order valence-corrected chi connectivity index (χ3v) is 3.88. The second-order valence-electron chi connectivity index (χ2n) is 4.95. The van der Waals surface area contributed by atoms with Crippen molar-refractivity contribution in [3.63, 3.8) is 0 Å². The minimum absolute atomic E-state index is 0.0903. The normalized spacial score (nSPS) is 27.4. The van der Waals surface area contributed by atoms with Crippen molar-refractivity contribution in [3.8, 4) is 0 Å². The number of hydrogen-bond acceptors (Lipinski definition) is 4. The molecule has 2 saturated heterocycles. The molecule has 0 spiro atoms. The van der Waals surface area contributed by atoms with E-state index in [2.05, 4.69) is 15.0 Å². The summed E-state index contributed by atoms with van der Waals surface area (Å²) in [7, 11) is 1.46. The summed E-state index contributed by atoms with van der Waals surface area (Å²) in [6, 6.07) is 0. The van der Waals surface area contributed by atoms with E-state index in [0.29, 0.717) is 6.42 Å². The third-order valence-electron chi connectivity index (χ3n) is 3.88. The van der Waals surface area contributed by atoms with Crippen LogP contribution in [0.2, 0.25) is 0 Å². The number of nitrogens with one attached hydrogen (secondary N) is 1. The fourth-order valence-electron chi connectivity index (χ4n) is 2.67. The van der Waals surface area contributed by atoms with E-state index in [-0.39, 0.29) is 5.97 Å². The van der Waals surface area contributed by atoms with E-state index in [1.807, 2.05) is 0 Å². The average molecular weight is 226 g/mol. The molecule has 2 heterocycles. The van der Waals surface area contributed by atoms with Gasteiger partial charge in [-0.15, -0.1) is 0 Å². The Morgan fingerprint density at radius 3 is 2.88 bits per heavy atom. The zero-order chi connectivity index (χ0) is 11.4. The SMILES string of the molecule is COC(=O)CCN1CCC[C@H](C2CNC2)C1. The Morgan fingerprint density at radius 2 is 2.25 bits per heavy atom. The van der Waals surface area contributed by atoms with E-state index in [1.165, 1.54) is 39.6 Å². The second kappa shape index (κ2) is 5.64. The molecule has 1 N–H and O–H groups in total. The van der Waals surface area contributed by atoms with Gasteiger partial charge < -0.3 is 15.0 Å². The maximum Gasteiger partial charge on any atom is 0.306 e. The molecule has 0 radical (unpaired) electrons. The van der Waals surface area contributed by atoms with E-state index in [9.17, 15) is 4.79 Å². The molecule has 4 heteroatoms. The molecule has 0 unspecified atom stereocenters. The number of nitrogens with zero attached hydrogens (tertiary/aromatic N) is 1. The minimum atomic E-state index is -0.0903. The molecule has 2 rings (SSSR count).